The quantitative estimate of drug-likeness (QED) is 0.590. The summed E-state index contributed by atoms with van der Waals surface area (Å²) in [6.45, 7) is 0. The van der Waals surface area contributed by atoms with E-state index >= 15 is 0 Å². The van der Waals surface area contributed by atoms with E-state index in [1.165, 1.54) is 0 Å². The van der Waals surface area contributed by atoms with E-state index in [0.29, 0.717) is 27.9 Å². The normalized spacial score (nSPS) is 11.0. The number of aromatic amines is 1. The molecule has 4 aromatic rings. The smallest absolute Gasteiger partial charge is 0.221 e. The average molecular weight is 323 g/mol. The largest absolute Gasteiger partial charge is 0.368 e. The number of anilines is 1. The lowest BCUT2D eigenvalue weighted by Crippen LogP contribution is -1.99. The highest BCUT2D eigenvalue weighted by Gasteiger charge is 2.11. The van der Waals surface area contributed by atoms with Crippen LogP contribution in [0.25, 0.3) is 33.9 Å². The topological polar surface area (TPSA) is 93.4 Å². The van der Waals surface area contributed by atoms with Crippen molar-refractivity contribution in [1.82, 2.24) is 24.9 Å². The van der Waals surface area contributed by atoms with Crippen LogP contribution in [0.5, 0.6) is 0 Å². The Morgan fingerprint density at radius 3 is 2.52 bits per heavy atom. The van der Waals surface area contributed by atoms with E-state index in [0.717, 1.165) is 11.1 Å². The minimum absolute atomic E-state index is 0.181. The predicted octanol–water partition coefficient (Wildman–Crippen LogP) is 3.32. The number of hydrogen-bond donors (Lipinski definition) is 2. The van der Waals surface area contributed by atoms with Gasteiger partial charge in [0, 0.05) is 16.8 Å². The van der Waals surface area contributed by atoms with Crippen molar-refractivity contribution in [3.8, 4) is 22.8 Å². The lowest BCUT2D eigenvalue weighted by atomic mass is 10.1. The number of hydrogen-bond acceptors (Lipinski definition) is 5. The molecule has 0 saturated heterocycles. The number of H-pyrrole nitrogens is 1. The van der Waals surface area contributed by atoms with Gasteiger partial charge in [0.1, 0.15) is 5.69 Å². The van der Waals surface area contributed by atoms with Gasteiger partial charge >= 0.3 is 0 Å². The molecule has 4 rings (SSSR count). The van der Waals surface area contributed by atoms with Gasteiger partial charge in [-0.25, -0.2) is 19.9 Å². The highest BCUT2D eigenvalue weighted by atomic mass is 35.5. The number of imidazole rings is 1. The van der Waals surface area contributed by atoms with Crippen molar-refractivity contribution < 1.29 is 0 Å². The van der Waals surface area contributed by atoms with Crippen molar-refractivity contribution in [2.75, 3.05) is 5.73 Å². The van der Waals surface area contributed by atoms with Crippen molar-refractivity contribution in [2.24, 2.45) is 0 Å². The molecule has 0 fully saturated rings. The molecule has 0 amide bonds. The van der Waals surface area contributed by atoms with Gasteiger partial charge in [0.25, 0.3) is 0 Å². The van der Waals surface area contributed by atoms with Gasteiger partial charge in [0.2, 0.25) is 5.95 Å². The van der Waals surface area contributed by atoms with E-state index in [4.69, 9.17) is 17.3 Å². The van der Waals surface area contributed by atoms with Gasteiger partial charge in [0.05, 0.1) is 11.2 Å². The van der Waals surface area contributed by atoms with Crippen LogP contribution >= 0.6 is 11.6 Å². The molecule has 0 aliphatic heterocycles. The standard InChI is InChI=1S/C16H11ClN6/c17-10-5-3-9(4-6-10)12-8-13(22-16(18)21-12)15-20-11-2-1-7-19-14(11)23-15/h1-8H,(H2,18,21,22)(H,19,20,23). The summed E-state index contributed by atoms with van der Waals surface area (Å²) in [5.74, 6) is 0.781. The van der Waals surface area contributed by atoms with Gasteiger partial charge in [-0.05, 0) is 30.3 Å². The monoisotopic (exact) mass is 322 g/mol. The van der Waals surface area contributed by atoms with Crippen molar-refractivity contribution in [3.05, 3.63) is 53.7 Å². The molecule has 0 radical (unpaired) electrons. The Kier molecular flexibility index (Phi) is 3.17. The minimum Gasteiger partial charge on any atom is -0.368 e. The maximum Gasteiger partial charge on any atom is 0.221 e. The molecule has 23 heavy (non-hydrogen) atoms. The van der Waals surface area contributed by atoms with E-state index in [-0.39, 0.29) is 5.95 Å². The summed E-state index contributed by atoms with van der Waals surface area (Å²) in [5, 5.41) is 0.666. The zero-order valence-electron chi connectivity index (χ0n) is 11.9. The number of nitrogens with one attached hydrogen (secondary N) is 1. The Hall–Kier alpha value is -2.99. The lowest BCUT2D eigenvalue weighted by Gasteiger charge is -2.04. The Bertz CT molecular complexity index is 960. The number of nitrogen functional groups attached to an aromatic ring is 1. The van der Waals surface area contributed by atoms with Crippen LogP contribution in [0.2, 0.25) is 5.02 Å². The second kappa shape index (κ2) is 5.33. The first-order valence-corrected chi connectivity index (χ1v) is 7.28. The Labute approximate surface area is 136 Å². The first kappa shape index (κ1) is 13.7. The van der Waals surface area contributed by atoms with Crippen LogP contribution in [0.3, 0.4) is 0 Å². The van der Waals surface area contributed by atoms with Crippen LogP contribution in [0, 0.1) is 0 Å². The van der Waals surface area contributed by atoms with Gasteiger partial charge in [-0.2, -0.15) is 0 Å². The Morgan fingerprint density at radius 1 is 0.957 bits per heavy atom. The third-order valence-corrected chi connectivity index (χ3v) is 3.64. The molecule has 112 valence electrons. The number of rotatable bonds is 2. The summed E-state index contributed by atoms with van der Waals surface area (Å²) < 4.78 is 0. The molecule has 6 nitrogen and oxygen atoms in total. The predicted molar refractivity (Wildman–Crippen MR) is 89.8 cm³/mol. The van der Waals surface area contributed by atoms with Crippen molar-refractivity contribution in [1.29, 1.82) is 0 Å². The molecule has 0 saturated carbocycles. The van der Waals surface area contributed by atoms with E-state index in [1.807, 2.05) is 30.3 Å². The molecule has 3 heterocycles. The van der Waals surface area contributed by atoms with Crippen LogP contribution in [0.15, 0.2) is 48.7 Å². The third-order valence-electron chi connectivity index (χ3n) is 3.38. The SMILES string of the molecule is Nc1nc(-c2ccc(Cl)cc2)cc(-c2nc3ncccc3[nH]2)n1. The van der Waals surface area contributed by atoms with Crippen LogP contribution in [0.4, 0.5) is 5.95 Å². The molecule has 3 N–H and O–H groups in total. The fourth-order valence-corrected chi connectivity index (χ4v) is 2.45. The highest BCUT2D eigenvalue weighted by Crippen LogP contribution is 2.25. The summed E-state index contributed by atoms with van der Waals surface area (Å²) in [4.78, 5) is 20.4. The van der Waals surface area contributed by atoms with E-state index in [1.54, 1.807) is 18.3 Å². The van der Waals surface area contributed by atoms with Crippen LogP contribution in [-0.4, -0.2) is 24.9 Å². The summed E-state index contributed by atoms with van der Waals surface area (Å²) in [5.41, 5.74) is 9.54. The second-order valence-electron chi connectivity index (χ2n) is 4.96. The summed E-state index contributed by atoms with van der Waals surface area (Å²) >= 11 is 5.92. The number of halogens is 1. The number of aromatic nitrogens is 5. The molecule has 3 aromatic heterocycles. The fraction of sp³-hybridized carbons (Fsp3) is 0. The van der Waals surface area contributed by atoms with Gasteiger partial charge in [-0.15, -0.1) is 0 Å². The van der Waals surface area contributed by atoms with Crippen molar-refractivity contribution >= 4 is 28.7 Å². The van der Waals surface area contributed by atoms with Crippen LogP contribution < -0.4 is 5.73 Å². The van der Waals surface area contributed by atoms with Crippen LogP contribution in [-0.2, 0) is 0 Å². The lowest BCUT2D eigenvalue weighted by molar-refractivity contribution is 1.16. The average Bonchev–Trinajstić information content (AvgIpc) is 2.99. The number of nitrogens with two attached hydrogens (primary N) is 1. The first-order valence-electron chi connectivity index (χ1n) is 6.91. The summed E-state index contributed by atoms with van der Waals surface area (Å²) in [6.07, 6.45) is 1.69. The maximum atomic E-state index is 5.92. The summed E-state index contributed by atoms with van der Waals surface area (Å²) in [7, 11) is 0. The third kappa shape index (κ3) is 2.60. The van der Waals surface area contributed by atoms with Crippen molar-refractivity contribution in [2.45, 2.75) is 0 Å². The highest BCUT2D eigenvalue weighted by molar-refractivity contribution is 6.30. The fourth-order valence-electron chi connectivity index (χ4n) is 2.32. The molecular weight excluding hydrogens is 312 g/mol. The molecular formula is C16H11ClN6. The number of benzene rings is 1. The molecule has 0 bridgehead atoms. The molecule has 0 spiro atoms. The van der Waals surface area contributed by atoms with Gasteiger partial charge < -0.3 is 10.7 Å². The van der Waals surface area contributed by atoms with Gasteiger partial charge in [-0.3, -0.25) is 0 Å². The summed E-state index contributed by atoms with van der Waals surface area (Å²) in [6, 6.07) is 13.0. The van der Waals surface area contributed by atoms with Crippen LogP contribution in [0.1, 0.15) is 0 Å². The zero-order chi connectivity index (χ0) is 15.8. The number of nitrogens with zero attached hydrogens (tertiary/aromatic N) is 4. The molecule has 0 aliphatic rings. The van der Waals surface area contributed by atoms with E-state index < -0.39 is 0 Å². The molecule has 0 atom stereocenters. The minimum atomic E-state index is 0.181. The Balaban J connectivity index is 1.84. The van der Waals surface area contributed by atoms with E-state index in [2.05, 4.69) is 24.9 Å². The molecule has 7 heteroatoms. The number of fused-ring (bicyclic) bond motifs is 1. The maximum absolute atomic E-state index is 5.92. The molecule has 1 aromatic carbocycles. The first-order chi connectivity index (χ1) is 11.2. The van der Waals surface area contributed by atoms with Crippen molar-refractivity contribution in [3.63, 3.8) is 0 Å². The van der Waals surface area contributed by atoms with E-state index in [9.17, 15) is 0 Å². The van der Waals surface area contributed by atoms with Gasteiger partial charge in [-0.1, -0.05) is 23.7 Å². The van der Waals surface area contributed by atoms with Gasteiger partial charge in [0.15, 0.2) is 11.5 Å². The number of pyridine rings is 1. The second-order valence-corrected chi connectivity index (χ2v) is 5.40. The zero-order valence-corrected chi connectivity index (χ0v) is 12.6. The Morgan fingerprint density at radius 2 is 1.74 bits per heavy atom. The molecule has 0 unspecified atom stereocenters. The molecule has 0 aliphatic carbocycles.